The fourth-order valence-corrected chi connectivity index (χ4v) is 2.25. The maximum atomic E-state index is 10.1. The van der Waals surface area contributed by atoms with Gasteiger partial charge in [-0.15, -0.1) is 0 Å². The molecule has 0 aromatic heterocycles. The number of carbonyl (C=O) groups excluding carboxylic acids is 1. The van der Waals surface area contributed by atoms with Gasteiger partial charge in [0.15, 0.2) is 0 Å². The van der Waals surface area contributed by atoms with E-state index in [-0.39, 0.29) is 0 Å². The summed E-state index contributed by atoms with van der Waals surface area (Å²) in [5.41, 5.74) is 2.75. The quantitative estimate of drug-likeness (QED) is 0.387. The Kier molecular flexibility index (Phi) is 10.3. The molecule has 22 heavy (non-hydrogen) atoms. The highest BCUT2D eigenvalue weighted by atomic mass is 16.1. The van der Waals surface area contributed by atoms with Crippen molar-refractivity contribution in [2.24, 2.45) is 0 Å². The zero-order chi connectivity index (χ0) is 16.0. The number of rotatable bonds is 13. The van der Waals surface area contributed by atoms with Gasteiger partial charge in [0.1, 0.15) is 0 Å². The first-order valence-electron chi connectivity index (χ1n) is 8.41. The molecule has 1 aromatic carbocycles. The van der Waals surface area contributed by atoms with Crippen LogP contribution in [0.3, 0.4) is 0 Å². The molecule has 1 aromatic rings. The second kappa shape index (κ2) is 12.2. The Morgan fingerprint density at radius 1 is 0.909 bits per heavy atom. The zero-order valence-corrected chi connectivity index (χ0v) is 14.0. The van der Waals surface area contributed by atoms with Crippen LogP contribution in [-0.2, 0) is 11.3 Å². The van der Waals surface area contributed by atoms with Gasteiger partial charge in [-0.05, 0) is 55.9 Å². The van der Waals surface area contributed by atoms with Crippen LogP contribution >= 0.6 is 0 Å². The highest BCUT2D eigenvalue weighted by Gasteiger charge is 1.98. The van der Waals surface area contributed by atoms with Gasteiger partial charge in [-0.25, -0.2) is 0 Å². The van der Waals surface area contributed by atoms with Gasteiger partial charge < -0.3 is 16.0 Å². The molecule has 0 aliphatic carbocycles. The summed E-state index contributed by atoms with van der Waals surface area (Å²) in [5, 5.41) is 9.54. The number of amides is 1. The van der Waals surface area contributed by atoms with Crippen molar-refractivity contribution in [2.75, 3.05) is 26.2 Å². The first-order valence-corrected chi connectivity index (χ1v) is 8.41. The third kappa shape index (κ3) is 8.80. The molecule has 124 valence electrons. The zero-order valence-electron chi connectivity index (χ0n) is 14.0. The fourth-order valence-electron chi connectivity index (χ4n) is 2.25. The Morgan fingerprint density at radius 3 is 2.18 bits per heavy atom. The van der Waals surface area contributed by atoms with E-state index in [2.05, 4.69) is 54.1 Å². The van der Waals surface area contributed by atoms with Crippen molar-refractivity contribution >= 4 is 6.41 Å². The molecule has 0 aliphatic heterocycles. The van der Waals surface area contributed by atoms with Crippen LogP contribution in [0.2, 0.25) is 0 Å². The first kappa shape index (κ1) is 18.7. The summed E-state index contributed by atoms with van der Waals surface area (Å²) in [4.78, 5) is 10.1. The van der Waals surface area contributed by atoms with Crippen LogP contribution < -0.4 is 16.0 Å². The van der Waals surface area contributed by atoms with E-state index in [1.54, 1.807) is 0 Å². The highest BCUT2D eigenvalue weighted by Crippen LogP contribution is 2.14. The Labute approximate surface area is 135 Å². The minimum atomic E-state index is 0.601. The van der Waals surface area contributed by atoms with Crippen LogP contribution in [0.25, 0.3) is 0 Å². The molecule has 0 atom stereocenters. The molecule has 1 amide bonds. The van der Waals surface area contributed by atoms with Crippen molar-refractivity contribution in [3.63, 3.8) is 0 Å². The van der Waals surface area contributed by atoms with E-state index < -0.39 is 0 Å². The van der Waals surface area contributed by atoms with Crippen LogP contribution in [0.4, 0.5) is 0 Å². The van der Waals surface area contributed by atoms with E-state index in [1.807, 2.05) is 0 Å². The molecular formula is C18H31N3O. The Hall–Kier alpha value is -1.39. The summed E-state index contributed by atoms with van der Waals surface area (Å²) in [6.45, 7) is 9.22. The molecule has 0 saturated carbocycles. The van der Waals surface area contributed by atoms with Gasteiger partial charge in [0.25, 0.3) is 0 Å². The van der Waals surface area contributed by atoms with Gasteiger partial charge in [-0.3, -0.25) is 4.79 Å². The minimum absolute atomic E-state index is 0.601. The highest BCUT2D eigenvalue weighted by molar-refractivity contribution is 5.45. The van der Waals surface area contributed by atoms with E-state index in [0.29, 0.717) is 5.92 Å². The van der Waals surface area contributed by atoms with Crippen molar-refractivity contribution in [2.45, 2.75) is 45.6 Å². The van der Waals surface area contributed by atoms with Crippen molar-refractivity contribution in [3.05, 3.63) is 35.4 Å². The van der Waals surface area contributed by atoms with Gasteiger partial charge in [0.2, 0.25) is 6.41 Å². The summed E-state index contributed by atoms with van der Waals surface area (Å²) < 4.78 is 0. The molecule has 0 heterocycles. The second-order valence-electron chi connectivity index (χ2n) is 5.96. The molecule has 0 aliphatic rings. The number of hydrogen-bond acceptors (Lipinski definition) is 3. The van der Waals surface area contributed by atoms with Gasteiger partial charge >= 0.3 is 0 Å². The van der Waals surface area contributed by atoms with Crippen LogP contribution in [0, 0.1) is 0 Å². The van der Waals surface area contributed by atoms with Gasteiger partial charge in [0, 0.05) is 13.1 Å². The monoisotopic (exact) mass is 305 g/mol. The molecule has 1 rings (SSSR count). The van der Waals surface area contributed by atoms with Gasteiger partial charge in [-0.1, -0.05) is 38.1 Å². The summed E-state index contributed by atoms with van der Waals surface area (Å²) >= 11 is 0. The maximum absolute atomic E-state index is 10.1. The molecule has 0 unspecified atom stereocenters. The number of nitrogens with one attached hydrogen (secondary N) is 3. The lowest BCUT2D eigenvalue weighted by Crippen LogP contribution is -2.22. The van der Waals surface area contributed by atoms with E-state index in [9.17, 15) is 4.79 Å². The topological polar surface area (TPSA) is 53.2 Å². The van der Waals surface area contributed by atoms with Crippen LogP contribution in [0.1, 0.15) is 50.2 Å². The van der Waals surface area contributed by atoms with E-state index in [1.165, 1.54) is 24.0 Å². The van der Waals surface area contributed by atoms with E-state index in [0.717, 1.165) is 45.6 Å². The number of benzene rings is 1. The molecule has 3 N–H and O–H groups in total. The maximum Gasteiger partial charge on any atom is 0.207 e. The molecular weight excluding hydrogens is 274 g/mol. The molecule has 0 saturated heterocycles. The van der Waals surface area contributed by atoms with Gasteiger partial charge in [-0.2, -0.15) is 0 Å². The molecule has 0 spiro atoms. The minimum Gasteiger partial charge on any atom is -0.359 e. The molecule has 0 radical (unpaired) electrons. The second-order valence-corrected chi connectivity index (χ2v) is 5.96. The summed E-state index contributed by atoms with van der Waals surface area (Å²) in [6, 6.07) is 8.89. The molecule has 0 bridgehead atoms. The fraction of sp³-hybridized carbons (Fsp3) is 0.611. The number of carbonyl (C=O) groups is 1. The number of hydrogen-bond donors (Lipinski definition) is 3. The molecule has 4 nitrogen and oxygen atoms in total. The van der Waals surface area contributed by atoms with Crippen molar-refractivity contribution < 1.29 is 4.79 Å². The largest absolute Gasteiger partial charge is 0.359 e. The van der Waals surface area contributed by atoms with Gasteiger partial charge in [0.05, 0.1) is 0 Å². The predicted octanol–water partition coefficient (Wildman–Crippen LogP) is 2.41. The smallest absolute Gasteiger partial charge is 0.207 e. The Morgan fingerprint density at radius 2 is 1.55 bits per heavy atom. The van der Waals surface area contributed by atoms with Crippen LogP contribution in [-0.4, -0.2) is 32.6 Å². The first-order chi connectivity index (χ1) is 10.7. The van der Waals surface area contributed by atoms with E-state index >= 15 is 0 Å². The van der Waals surface area contributed by atoms with Crippen LogP contribution in [0.15, 0.2) is 24.3 Å². The third-order valence-electron chi connectivity index (χ3n) is 3.69. The normalized spacial score (nSPS) is 10.9. The average Bonchev–Trinajstić information content (AvgIpc) is 2.53. The third-order valence-corrected chi connectivity index (χ3v) is 3.69. The standard InChI is InChI=1S/C18H31N3O/c1-16(2)18-8-6-17(7-9-18)14-20-11-4-3-10-19-12-5-13-21-15-22/h6-9,15-16,19-20H,3-5,10-14H2,1-2H3,(H,21,22). The summed E-state index contributed by atoms with van der Waals surface area (Å²) in [7, 11) is 0. The van der Waals surface area contributed by atoms with E-state index in [4.69, 9.17) is 0 Å². The Bertz CT molecular complexity index is 390. The van der Waals surface area contributed by atoms with Crippen molar-refractivity contribution in [1.82, 2.24) is 16.0 Å². The Balaban J connectivity index is 1.94. The average molecular weight is 305 g/mol. The van der Waals surface area contributed by atoms with Crippen molar-refractivity contribution in [1.29, 1.82) is 0 Å². The lowest BCUT2D eigenvalue weighted by Gasteiger charge is -2.08. The summed E-state index contributed by atoms with van der Waals surface area (Å²) in [6.07, 6.45) is 4.11. The van der Waals surface area contributed by atoms with Crippen molar-refractivity contribution in [3.8, 4) is 0 Å². The number of unbranched alkanes of at least 4 members (excludes halogenated alkanes) is 1. The summed E-state index contributed by atoms with van der Waals surface area (Å²) in [5.74, 6) is 0.601. The SMILES string of the molecule is CC(C)c1ccc(CNCCCCNCCCNC=O)cc1. The lowest BCUT2D eigenvalue weighted by molar-refractivity contribution is -0.109. The van der Waals surface area contributed by atoms with Crippen LogP contribution in [0.5, 0.6) is 0 Å². The molecule has 0 fully saturated rings. The predicted molar refractivity (Wildman–Crippen MR) is 93.0 cm³/mol. The lowest BCUT2D eigenvalue weighted by atomic mass is 10.0. The molecule has 4 heteroatoms.